The Morgan fingerprint density at radius 2 is 2.31 bits per heavy atom. The summed E-state index contributed by atoms with van der Waals surface area (Å²) in [6, 6.07) is 0.131. The van der Waals surface area contributed by atoms with Crippen LogP contribution in [-0.4, -0.2) is 37.6 Å². The van der Waals surface area contributed by atoms with E-state index in [0.717, 1.165) is 19.4 Å². The topological polar surface area (TPSA) is 67.4 Å². The van der Waals surface area contributed by atoms with Gasteiger partial charge in [0, 0.05) is 18.5 Å². The maximum Gasteiger partial charge on any atom is 0.307 e. The molecule has 1 saturated heterocycles. The second kappa shape index (κ2) is 6.48. The van der Waals surface area contributed by atoms with Gasteiger partial charge in [0.15, 0.2) is 0 Å². The van der Waals surface area contributed by atoms with Crippen LogP contribution in [0.2, 0.25) is 0 Å². The third kappa shape index (κ3) is 4.61. The van der Waals surface area contributed by atoms with Crippen LogP contribution in [0.3, 0.4) is 0 Å². The number of nitrogens with one attached hydrogen (secondary N) is 2. The van der Waals surface area contributed by atoms with E-state index in [9.17, 15) is 9.59 Å². The lowest BCUT2D eigenvalue weighted by Crippen LogP contribution is -2.38. The van der Waals surface area contributed by atoms with E-state index in [4.69, 9.17) is 0 Å². The molecule has 1 heterocycles. The van der Waals surface area contributed by atoms with Crippen LogP contribution in [-0.2, 0) is 14.3 Å². The summed E-state index contributed by atoms with van der Waals surface area (Å²) in [6.45, 7) is 2.80. The van der Waals surface area contributed by atoms with Crippen LogP contribution in [0.25, 0.3) is 0 Å². The summed E-state index contributed by atoms with van der Waals surface area (Å²) >= 11 is 0. The smallest absolute Gasteiger partial charge is 0.307 e. The first-order valence-corrected chi connectivity index (χ1v) is 5.71. The largest absolute Gasteiger partial charge is 0.469 e. The second-order valence-corrected chi connectivity index (χ2v) is 4.25. The molecule has 0 saturated carbocycles. The molecule has 5 heteroatoms. The van der Waals surface area contributed by atoms with Crippen molar-refractivity contribution in [3.05, 3.63) is 0 Å². The van der Waals surface area contributed by atoms with Gasteiger partial charge in [-0.05, 0) is 26.3 Å². The standard InChI is InChI=1S/C11H20N2O3/c1-8(6-11(15)16-2)13-10(14)7-9-4-3-5-12-9/h8-9,12H,3-7H2,1-2H3,(H,13,14). The van der Waals surface area contributed by atoms with Crippen molar-refractivity contribution in [1.29, 1.82) is 0 Å². The van der Waals surface area contributed by atoms with E-state index in [1.165, 1.54) is 7.11 Å². The van der Waals surface area contributed by atoms with Crippen molar-refractivity contribution in [2.24, 2.45) is 0 Å². The predicted molar refractivity (Wildman–Crippen MR) is 59.9 cm³/mol. The Kier molecular flexibility index (Phi) is 5.25. The van der Waals surface area contributed by atoms with Crippen molar-refractivity contribution >= 4 is 11.9 Å². The molecule has 16 heavy (non-hydrogen) atoms. The molecule has 5 nitrogen and oxygen atoms in total. The summed E-state index contributed by atoms with van der Waals surface area (Å²) in [5, 5.41) is 6.05. The first-order chi connectivity index (χ1) is 7.61. The van der Waals surface area contributed by atoms with Gasteiger partial charge in [0.1, 0.15) is 0 Å². The van der Waals surface area contributed by atoms with Crippen LogP contribution >= 0.6 is 0 Å². The van der Waals surface area contributed by atoms with Crippen LogP contribution in [0.4, 0.5) is 0 Å². The Bertz CT molecular complexity index is 250. The third-order valence-corrected chi connectivity index (χ3v) is 2.70. The van der Waals surface area contributed by atoms with Crippen LogP contribution in [0.1, 0.15) is 32.6 Å². The van der Waals surface area contributed by atoms with E-state index in [-0.39, 0.29) is 24.3 Å². The Balaban J connectivity index is 2.19. The lowest BCUT2D eigenvalue weighted by atomic mass is 10.1. The Morgan fingerprint density at radius 1 is 1.56 bits per heavy atom. The van der Waals surface area contributed by atoms with Gasteiger partial charge in [-0.1, -0.05) is 0 Å². The van der Waals surface area contributed by atoms with Crippen molar-refractivity contribution in [3.8, 4) is 0 Å². The fourth-order valence-corrected chi connectivity index (χ4v) is 1.87. The molecule has 0 radical (unpaired) electrons. The van der Waals surface area contributed by atoms with Gasteiger partial charge in [-0.3, -0.25) is 9.59 Å². The molecule has 1 fully saturated rings. The minimum Gasteiger partial charge on any atom is -0.469 e. The number of amides is 1. The molecule has 1 amide bonds. The SMILES string of the molecule is COC(=O)CC(C)NC(=O)CC1CCCN1. The molecule has 2 atom stereocenters. The predicted octanol–water partition coefficient (Wildman–Crippen LogP) is 0.196. The molecule has 1 aliphatic rings. The van der Waals surface area contributed by atoms with E-state index < -0.39 is 0 Å². The Labute approximate surface area is 95.9 Å². The van der Waals surface area contributed by atoms with Gasteiger partial charge in [-0.15, -0.1) is 0 Å². The lowest BCUT2D eigenvalue weighted by molar-refractivity contribution is -0.141. The van der Waals surface area contributed by atoms with E-state index >= 15 is 0 Å². The highest BCUT2D eigenvalue weighted by Crippen LogP contribution is 2.08. The van der Waals surface area contributed by atoms with Crippen LogP contribution < -0.4 is 10.6 Å². The fourth-order valence-electron chi connectivity index (χ4n) is 1.87. The number of methoxy groups -OCH3 is 1. The van der Waals surface area contributed by atoms with Gasteiger partial charge < -0.3 is 15.4 Å². The van der Waals surface area contributed by atoms with Crippen molar-refractivity contribution < 1.29 is 14.3 Å². The molecular weight excluding hydrogens is 208 g/mol. The van der Waals surface area contributed by atoms with Crippen LogP contribution in [0, 0.1) is 0 Å². The first kappa shape index (κ1) is 13.0. The minimum absolute atomic E-state index is 0.00389. The summed E-state index contributed by atoms with van der Waals surface area (Å²) in [4.78, 5) is 22.5. The van der Waals surface area contributed by atoms with Crippen LogP contribution in [0.15, 0.2) is 0 Å². The molecule has 2 unspecified atom stereocenters. The molecule has 0 aliphatic carbocycles. The van der Waals surface area contributed by atoms with Gasteiger partial charge in [-0.25, -0.2) is 0 Å². The number of hydrogen-bond donors (Lipinski definition) is 2. The maximum absolute atomic E-state index is 11.6. The van der Waals surface area contributed by atoms with Crippen molar-refractivity contribution in [2.45, 2.75) is 44.7 Å². The molecule has 0 aromatic rings. The van der Waals surface area contributed by atoms with Crippen LogP contribution in [0.5, 0.6) is 0 Å². The van der Waals surface area contributed by atoms with E-state index in [0.29, 0.717) is 12.5 Å². The van der Waals surface area contributed by atoms with Gasteiger partial charge in [0.25, 0.3) is 0 Å². The number of carbonyl (C=O) groups excluding carboxylic acids is 2. The zero-order chi connectivity index (χ0) is 12.0. The Morgan fingerprint density at radius 3 is 2.88 bits per heavy atom. The van der Waals surface area contributed by atoms with Gasteiger partial charge in [-0.2, -0.15) is 0 Å². The lowest BCUT2D eigenvalue weighted by Gasteiger charge is -2.15. The van der Waals surface area contributed by atoms with E-state index in [1.54, 1.807) is 6.92 Å². The normalized spacial score (nSPS) is 21.5. The van der Waals surface area contributed by atoms with Crippen molar-refractivity contribution in [1.82, 2.24) is 10.6 Å². The molecule has 1 rings (SSSR count). The van der Waals surface area contributed by atoms with Crippen molar-refractivity contribution in [3.63, 3.8) is 0 Å². The maximum atomic E-state index is 11.6. The van der Waals surface area contributed by atoms with Gasteiger partial charge in [0.05, 0.1) is 13.5 Å². The number of hydrogen-bond acceptors (Lipinski definition) is 4. The highest BCUT2D eigenvalue weighted by molar-refractivity contribution is 5.78. The van der Waals surface area contributed by atoms with Crippen molar-refractivity contribution in [2.75, 3.05) is 13.7 Å². The summed E-state index contributed by atoms with van der Waals surface area (Å²) in [6.07, 6.45) is 2.90. The zero-order valence-electron chi connectivity index (χ0n) is 9.91. The number of ether oxygens (including phenoxy) is 1. The molecule has 0 bridgehead atoms. The quantitative estimate of drug-likeness (QED) is 0.659. The van der Waals surface area contributed by atoms with Gasteiger partial charge in [0.2, 0.25) is 5.91 Å². The number of rotatable bonds is 5. The Hall–Kier alpha value is -1.10. The zero-order valence-corrected chi connectivity index (χ0v) is 9.91. The number of esters is 1. The molecule has 1 aliphatic heterocycles. The summed E-state index contributed by atoms with van der Waals surface area (Å²) in [7, 11) is 1.35. The van der Waals surface area contributed by atoms with E-state index in [2.05, 4.69) is 15.4 Å². The summed E-state index contributed by atoms with van der Waals surface area (Å²) in [5.41, 5.74) is 0. The number of carbonyl (C=O) groups is 2. The highest BCUT2D eigenvalue weighted by Gasteiger charge is 2.19. The molecule has 0 aromatic carbocycles. The second-order valence-electron chi connectivity index (χ2n) is 4.25. The molecule has 2 N–H and O–H groups in total. The summed E-state index contributed by atoms with van der Waals surface area (Å²) in [5.74, 6) is -0.303. The highest BCUT2D eigenvalue weighted by atomic mass is 16.5. The molecule has 92 valence electrons. The monoisotopic (exact) mass is 228 g/mol. The molecular formula is C11H20N2O3. The minimum atomic E-state index is -0.299. The molecule has 0 spiro atoms. The third-order valence-electron chi connectivity index (χ3n) is 2.70. The summed E-state index contributed by atoms with van der Waals surface area (Å²) < 4.78 is 4.53. The fraction of sp³-hybridized carbons (Fsp3) is 0.818. The van der Waals surface area contributed by atoms with Gasteiger partial charge >= 0.3 is 5.97 Å². The average Bonchev–Trinajstić information content (AvgIpc) is 2.69. The first-order valence-electron chi connectivity index (χ1n) is 5.71. The van der Waals surface area contributed by atoms with E-state index in [1.807, 2.05) is 0 Å². The molecule has 0 aromatic heterocycles. The average molecular weight is 228 g/mol.